The van der Waals surface area contributed by atoms with Crippen LogP contribution in [0.3, 0.4) is 0 Å². The van der Waals surface area contributed by atoms with Gasteiger partial charge in [-0.1, -0.05) is 22.9 Å². The predicted octanol–water partition coefficient (Wildman–Crippen LogP) is 2.76. The largest absolute Gasteiger partial charge is 0.495 e. The van der Waals surface area contributed by atoms with Crippen LogP contribution in [0.4, 0.5) is 0 Å². The number of carbonyl (C=O) groups excluding carboxylic acids is 1. The Morgan fingerprint density at radius 2 is 2.21 bits per heavy atom. The molecule has 2 aromatic rings. The molecule has 0 amide bonds. The van der Waals surface area contributed by atoms with Gasteiger partial charge >= 0.3 is 4.87 Å². The summed E-state index contributed by atoms with van der Waals surface area (Å²) in [5, 5.41) is 2.11. The van der Waals surface area contributed by atoms with Gasteiger partial charge in [-0.15, -0.1) is 0 Å². The Hall–Kier alpha value is -1.59. The molecule has 2 rings (SSSR count). The van der Waals surface area contributed by atoms with Crippen molar-refractivity contribution < 1.29 is 9.53 Å². The van der Waals surface area contributed by atoms with Gasteiger partial charge in [0.1, 0.15) is 5.75 Å². The van der Waals surface area contributed by atoms with Gasteiger partial charge in [-0.05, 0) is 25.1 Å². The van der Waals surface area contributed by atoms with Gasteiger partial charge in [0.25, 0.3) is 0 Å². The molecule has 1 heterocycles. The number of aromatic nitrogens is 1. The highest BCUT2D eigenvalue weighted by atomic mass is 35.5. The first kappa shape index (κ1) is 13.8. The van der Waals surface area contributed by atoms with E-state index in [1.165, 1.54) is 11.7 Å². The fraction of sp³-hybridized carbons (Fsp3) is 0.231. The Labute approximate surface area is 119 Å². The van der Waals surface area contributed by atoms with Crippen molar-refractivity contribution >= 4 is 28.7 Å². The number of nitrogens with zero attached hydrogens (tertiary/aromatic N) is 1. The minimum Gasteiger partial charge on any atom is -0.495 e. The van der Waals surface area contributed by atoms with Gasteiger partial charge in [0.15, 0.2) is 5.78 Å². The molecule has 0 aliphatic carbocycles. The second-order valence-electron chi connectivity index (χ2n) is 4.00. The van der Waals surface area contributed by atoms with Gasteiger partial charge in [0, 0.05) is 16.6 Å². The van der Waals surface area contributed by atoms with Crippen LogP contribution in [0.25, 0.3) is 0 Å². The van der Waals surface area contributed by atoms with Crippen molar-refractivity contribution in [1.82, 2.24) is 4.57 Å². The quantitative estimate of drug-likeness (QED) is 0.815. The SMILES string of the molecule is COc1ccc(C(=O)Cn2c(C)csc2=O)cc1Cl. The number of carbonyl (C=O) groups is 1. The number of hydrogen-bond acceptors (Lipinski definition) is 4. The van der Waals surface area contributed by atoms with Crippen molar-refractivity contribution in [3.63, 3.8) is 0 Å². The van der Waals surface area contributed by atoms with Crippen molar-refractivity contribution in [1.29, 1.82) is 0 Å². The average Bonchev–Trinajstić information content (AvgIpc) is 2.70. The number of Topliss-reactive ketones (excluding diaryl/α,β-unsaturated/α-hetero) is 1. The van der Waals surface area contributed by atoms with E-state index in [2.05, 4.69) is 0 Å². The van der Waals surface area contributed by atoms with Gasteiger partial charge in [0.05, 0.1) is 18.7 Å². The maximum absolute atomic E-state index is 12.1. The lowest BCUT2D eigenvalue weighted by atomic mass is 10.1. The van der Waals surface area contributed by atoms with E-state index in [0.717, 1.165) is 17.0 Å². The number of halogens is 1. The van der Waals surface area contributed by atoms with E-state index in [-0.39, 0.29) is 17.2 Å². The summed E-state index contributed by atoms with van der Waals surface area (Å²) >= 11 is 7.06. The average molecular weight is 298 g/mol. The maximum Gasteiger partial charge on any atom is 0.307 e. The summed E-state index contributed by atoms with van der Waals surface area (Å²) in [5.74, 6) is 0.357. The molecule has 0 bridgehead atoms. The molecule has 0 atom stereocenters. The first-order valence-corrected chi connectivity index (χ1v) is 6.80. The molecule has 0 saturated carbocycles. The van der Waals surface area contributed by atoms with E-state index in [4.69, 9.17) is 16.3 Å². The van der Waals surface area contributed by atoms with Crippen molar-refractivity contribution in [3.05, 3.63) is 49.5 Å². The van der Waals surface area contributed by atoms with Gasteiger partial charge in [0.2, 0.25) is 0 Å². The Bertz CT molecular complexity index is 675. The lowest BCUT2D eigenvalue weighted by Gasteiger charge is -2.06. The Morgan fingerprint density at radius 3 is 2.74 bits per heavy atom. The number of ether oxygens (including phenoxy) is 1. The Balaban J connectivity index is 2.26. The van der Waals surface area contributed by atoms with Gasteiger partial charge < -0.3 is 4.74 Å². The molecule has 0 N–H and O–H groups in total. The first-order valence-electron chi connectivity index (χ1n) is 5.54. The molecule has 0 radical (unpaired) electrons. The third kappa shape index (κ3) is 2.88. The summed E-state index contributed by atoms with van der Waals surface area (Å²) in [6.45, 7) is 1.82. The van der Waals surface area contributed by atoms with Crippen LogP contribution >= 0.6 is 22.9 Å². The zero-order valence-corrected chi connectivity index (χ0v) is 12.0. The van der Waals surface area contributed by atoms with E-state index in [9.17, 15) is 9.59 Å². The molecule has 6 heteroatoms. The van der Waals surface area contributed by atoms with E-state index in [1.54, 1.807) is 30.5 Å². The molecule has 1 aromatic carbocycles. The second kappa shape index (κ2) is 5.59. The molecule has 1 aromatic heterocycles. The number of benzene rings is 1. The van der Waals surface area contributed by atoms with Crippen LogP contribution in [0.5, 0.6) is 5.75 Å². The molecule has 100 valence electrons. The third-order valence-electron chi connectivity index (χ3n) is 2.75. The summed E-state index contributed by atoms with van der Waals surface area (Å²) in [6.07, 6.45) is 0. The van der Waals surface area contributed by atoms with E-state index in [1.807, 2.05) is 0 Å². The Morgan fingerprint density at radius 1 is 1.47 bits per heavy atom. The zero-order chi connectivity index (χ0) is 14.0. The van der Waals surface area contributed by atoms with Crippen LogP contribution in [-0.2, 0) is 6.54 Å². The van der Waals surface area contributed by atoms with Crippen LogP contribution in [0, 0.1) is 6.92 Å². The van der Waals surface area contributed by atoms with Crippen LogP contribution in [0.2, 0.25) is 5.02 Å². The summed E-state index contributed by atoms with van der Waals surface area (Å²) in [6, 6.07) is 4.83. The highest BCUT2D eigenvalue weighted by Crippen LogP contribution is 2.25. The number of ketones is 1. The van der Waals surface area contributed by atoms with Gasteiger partial charge in [-0.3, -0.25) is 14.2 Å². The van der Waals surface area contributed by atoms with Crippen molar-refractivity contribution in [2.75, 3.05) is 7.11 Å². The lowest BCUT2D eigenvalue weighted by molar-refractivity contribution is 0.0970. The van der Waals surface area contributed by atoms with E-state index in [0.29, 0.717) is 16.3 Å². The predicted molar refractivity (Wildman–Crippen MR) is 75.7 cm³/mol. The van der Waals surface area contributed by atoms with E-state index < -0.39 is 0 Å². The van der Waals surface area contributed by atoms with Crippen LogP contribution in [0.15, 0.2) is 28.4 Å². The third-order valence-corrected chi connectivity index (χ3v) is 3.93. The number of methoxy groups -OCH3 is 1. The van der Waals surface area contributed by atoms with Gasteiger partial charge in [-0.2, -0.15) is 0 Å². The minimum atomic E-state index is -0.159. The summed E-state index contributed by atoms with van der Waals surface area (Å²) < 4.78 is 6.48. The number of rotatable bonds is 4. The lowest BCUT2D eigenvalue weighted by Crippen LogP contribution is -2.20. The minimum absolute atomic E-state index is 0.0246. The maximum atomic E-state index is 12.1. The Kier molecular flexibility index (Phi) is 4.07. The summed E-state index contributed by atoms with van der Waals surface area (Å²) in [4.78, 5) is 23.5. The van der Waals surface area contributed by atoms with E-state index >= 15 is 0 Å². The fourth-order valence-corrected chi connectivity index (χ4v) is 2.66. The van der Waals surface area contributed by atoms with Crippen LogP contribution < -0.4 is 9.61 Å². The fourth-order valence-electron chi connectivity index (χ4n) is 1.67. The van der Waals surface area contributed by atoms with Crippen LogP contribution in [0.1, 0.15) is 16.1 Å². The monoisotopic (exact) mass is 297 g/mol. The van der Waals surface area contributed by atoms with Crippen molar-refractivity contribution in [2.45, 2.75) is 13.5 Å². The number of hydrogen-bond donors (Lipinski definition) is 0. The molecule has 0 unspecified atom stereocenters. The molecule has 4 nitrogen and oxygen atoms in total. The van der Waals surface area contributed by atoms with Crippen molar-refractivity contribution in [3.8, 4) is 5.75 Å². The molecule has 0 saturated heterocycles. The molecule has 0 aliphatic rings. The highest BCUT2D eigenvalue weighted by Gasteiger charge is 2.12. The molecule has 19 heavy (non-hydrogen) atoms. The summed E-state index contributed by atoms with van der Waals surface area (Å²) in [5.41, 5.74) is 1.24. The standard InChI is InChI=1S/C13H12ClNO3S/c1-8-7-19-13(17)15(8)6-11(16)9-3-4-12(18-2)10(14)5-9/h3-5,7H,6H2,1-2H3. The molecular weight excluding hydrogens is 286 g/mol. The zero-order valence-electron chi connectivity index (χ0n) is 10.5. The van der Waals surface area contributed by atoms with Gasteiger partial charge in [-0.25, -0.2) is 0 Å². The molecular formula is C13H12ClNO3S. The number of thiazole rings is 1. The second-order valence-corrected chi connectivity index (χ2v) is 5.23. The number of aryl methyl sites for hydroxylation is 1. The molecule has 0 aliphatic heterocycles. The normalized spacial score (nSPS) is 10.5. The first-order chi connectivity index (χ1) is 9.02. The smallest absolute Gasteiger partial charge is 0.307 e. The topological polar surface area (TPSA) is 48.3 Å². The molecule has 0 spiro atoms. The highest BCUT2D eigenvalue weighted by molar-refractivity contribution is 7.07. The van der Waals surface area contributed by atoms with Crippen LogP contribution in [-0.4, -0.2) is 17.5 Å². The van der Waals surface area contributed by atoms with Crippen molar-refractivity contribution in [2.24, 2.45) is 0 Å². The summed E-state index contributed by atoms with van der Waals surface area (Å²) in [7, 11) is 1.51. The molecule has 0 fully saturated rings.